The third-order valence-corrected chi connectivity index (χ3v) is 3.98. The molecule has 0 heterocycles. The molecule has 5 heteroatoms. The lowest BCUT2D eigenvalue weighted by Gasteiger charge is -2.15. The number of nitrogens with two attached hydrogens (primary N) is 1. The molecule has 0 bridgehead atoms. The number of benzene rings is 2. The van der Waals surface area contributed by atoms with Crippen molar-refractivity contribution in [2.45, 2.75) is 25.8 Å². The molecule has 2 rings (SSSR count). The van der Waals surface area contributed by atoms with E-state index in [0.29, 0.717) is 22.8 Å². The van der Waals surface area contributed by atoms with Crippen molar-refractivity contribution >= 4 is 23.2 Å². The molecule has 0 aliphatic carbocycles. The van der Waals surface area contributed by atoms with Gasteiger partial charge in [-0.1, -0.05) is 48.3 Å². The van der Waals surface area contributed by atoms with Gasteiger partial charge < -0.3 is 10.5 Å². The minimum atomic E-state index is -0.452. The summed E-state index contributed by atoms with van der Waals surface area (Å²) in [5.74, 6) is 0.0120. The van der Waals surface area contributed by atoms with Gasteiger partial charge >= 0.3 is 0 Å². The van der Waals surface area contributed by atoms with Crippen LogP contribution in [0.5, 0.6) is 11.5 Å². The van der Waals surface area contributed by atoms with Crippen molar-refractivity contribution in [3.8, 4) is 11.5 Å². The second-order valence-corrected chi connectivity index (χ2v) is 5.54. The summed E-state index contributed by atoms with van der Waals surface area (Å²) in [6.07, 6.45) is 1.33. The fraction of sp³-hybridized carbons (Fsp3) is 0.250. The Morgan fingerprint density at radius 2 is 1.90 bits per heavy atom. The van der Waals surface area contributed by atoms with Gasteiger partial charge in [-0.05, 0) is 36.6 Å². The molecular formula is C16H16Cl2FNO. The quantitative estimate of drug-likeness (QED) is 0.818. The van der Waals surface area contributed by atoms with Crippen LogP contribution in [-0.4, -0.2) is 6.04 Å². The second kappa shape index (κ2) is 7.12. The molecule has 0 aromatic heterocycles. The molecule has 0 radical (unpaired) electrons. The molecular weight excluding hydrogens is 312 g/mol. The second-order valence-electron chi connectivity index (χ2n) is 4.75. The number of para-hydroxylation sites is 1. The van der Waals surface area contributed by atoms with Gasteiger partial charge in [0.2, 0.25) is 0 Å². The van der Waals surface area contributed by atoms with Crippen LogP contribution in [-0.2, 0) is 6.42 Å². The zero-order chi connectivity index (χ0) is 15.4. The topological polar surface area (TPSA) is 35.2 Å². The van der Waals surface area contributed by atoms with Gasteiger partial charge in [0.1, 0.15) is 10.8 Å². The largest absolute Gasteiger partial charge is 0.452 e. The smallest absolute Gasteiger partial charge is 0.166 e. The van der Waals surface area contributed by atoms with Gasteiger partial charge in [-0.15, -0.1) is 0 Å². The van der Waals surface area contributed by atoms with Crippen molar-refractivity contribution in [1.82, 2.24) is 0 Å². The summed E-state index contributed by atoms with van der Waals surface area (Å²) in [6, 6.07) is 9.71. The van der Waals surface area contributed by atoms with Crippen LogP contribution in [0.1, 0.15) is 18.9 Å². The van der Waals surface area contributed by atoms with E-state index < -0.39 is 5.82 Å². The highest BCUT2D eigenvalue weighted by Gasteiger charge is 2.15. The molecule has 21 heavy (non-hydrogen) atoms. The number of halogens is 3. The van der Waals surface area contributed by atoms with Crippen LogP contribution in [0.2, 0.25) is 10.0 Å². The normalized spacial score (nSPS) is 12.2. The van der Waals surface area contributed by atoms with Gasteiger partial charge in [-0.3, -0.25) is 0 Å². The molecule has 1 atom stereocenters. The monoisotopic (exact) mass is 327 g/mol. The molecule has 2 nitrogen and oxygen atoms in total. The summed E-state index contributed by atoms with van der Waals surface area (Å²) >= 11 is 12.0. The first-order valence-electron chi connectivity index (χ1n) is 6.67. The van der Waals surface area contributed by atoms with Crippen molar-refractivity contribution in [3.63, 3.8) is 0 Å². The Balaban J connectivity index is 2.36. The Morgan fingerprint density at radius 1 is 1.19 bits per heavy atom. The van der Waals surface area contributed by atoms with E-state index in [4.69, 9.17) is 33.7 Å². The molecule has 0 fully saturated rings. The maximum atomic E-state index is 14.1. The van der Waals surface area contributed by atoms with Gasteiger partial charge in [-0.2, -0.15) is 0 Å². The summed E-state index contributed by atoms with van der Waals surface area (Å²) in [4.78, 5) is 0. The molecule has 0 amide bonds. The lowest BCUT2D eigenvalue weighted by molar-refractivity contribution is 0.433. The molecule has 0 aliphatic rings. The Labute approximate surface area is 133 Å². The molecule has 2 aromatic carbocycles. The zero-order valence-electron chi connectivity index (χ0n) is 11.6. The number of hydrogen-bond acceptors (Lipinski definition) is 2. The maximum Gasteiger partial charge on any atom is 0.166 e. The fourth-order valence-electron chi connectivity index (χ4n) is 1.93. The van der Waals surface area contributed by atoms with E-state index in [2.05, 4.69) is 0 Å². The first kappa shape index (κ1) is 16.1. The average molecular weight is 328 g/mol. The Kier molecular flexibility index (Phi) is 5.45. The Bertz CT molecular complexity index is 634. The predicted octanol–water partition coefficient (Wildman–Crippen LogP) is 5.20. The van der Waals surface area contributed by atoms with Crippen LogP contribution >= 0.6 is 23.2 Å². The van der Waals surface area contributed by atoms with Gasteiger partial charge in [-0.25, -0.2) is 4.39 Å². The van der Waals surface area contributed by atoms with E-state index in [-0.39, 0.29) is 16.8 Å². The maximum absolute atomic E-state index is 14.1. The molecule has 1 unspecified atom stereocenters. The van der Waals surface area contributed by atoms with E-state index in [9.17, 15) is 4.39 Å². The first-order chi connectivity index (χ1) is 10.0. The van der Waals surface area contributed by atoms with Crippen LogP contribution in [0.15, 0.2) is 36.4 Å². The van der Waals surface area contributed by atoms with E-state index >= 15 is 0 Å². The van der Waals surface area contributed by atoms with Gasteiger partial charge in [0.15, 0.2) is 11.6 Å². The van der Waals surface area contributed by atoms with Crippen molar-refractivity contribution in [2.24, 2.45) is 5.73 Å². The average Bonchev–Trinajstić information content (AvgIpc) is 2.47. The highest BCUT2D eigenvalue weighted by molar-refractivity contribution is 6.42. The number of hydrogen-bond donors (Lipinski definition) is 1. The fourth-order valence-corrected chi connectivity index (χ4v) is 2.26. The molecule has 112 valence electrons. The van der Waals surface area contributed by atoms with Gasteiger partial charge in [0.05, 0.1) is 5.02 Å². The van der Waals surface area contributed by atoms with E-state index in [1.54, 1.807) is 30.3 Å². The summed E-state index contributed by atoms with van der Waals surface area (Å²) in [7, 11) is 0. The van der Waals surface area contributed by atoms with Crippen LogP contribution in [0.3, 0.4) is 0 Å². The molecule has 2 N–H and O–H groups in total. The summed E-state index contributed by atoms with van der Waals surface area (Å²) in [6.45, 7) is 1.98. The van der Waals surface area contributed by atoms with E-state index in [1.807, 2.05) is 6.92 Å². The molecule has 2 aromatic rings. The number of rotatable bonds is 5. The first-order valence-corrected chi connectivity index (χ1v) is 7.43. The molecule has 0 saturated carbocycles. The molecule has 0 saturated heterocycles. The zero-order valence-corrected chi connectivity index (χ0v) is 13.1. The lowest BCUT2D eigenvalue weighted by atomic mass is 10.0. The minimum absolute atomic E-state index is 0.0519. The Morgan fingerprint density at radius 3 is 2.62 bits per heavy atom. The Hall–Kier alpha value is -1.29. The van der Waals surface area contributed by atoms with Crippen molar-refractivity contribution in [3.05, 3.63) is 57.8 Å². The lowest BCUT2D eigenvalue weighted by Crippen LogP contribution is -2.21. The van der Waals surface area contributed by atoms with E-state index in [1.165, 1.54) is 6.07 Å². The third kappa shape index (κ3) is 3.88. The summed E-state index contributed by atoms with van der Waals surface area (Å²) < 4.78 is 19.7. The van der Waals surface area contributed by atoms with Crippen LogP contribution < -0.4 is 10.5 Å². The van der Waals surface area contributed by atoms with Crippen molar-refractivity contribution < 1.29 is 9.13 Å². The van der Waals surface area contributed by atoms with Crippen LogP contribution in [0.25, 0.3) is 0 Å². The van der Waals surface area contributed by atoms with E-state index in [0.717, 1.165) is 6.42 Å². The summed E-state index contributed by atoms with van der Waals surface area (Å²) in [5.41, 5.74) is 6.65. The number of ether oxygens (including phenoxy) is 1. The van der Waals surface area contributed by atoms with Crippen LogP contribution in [0.4, 0.5) is 4.39 Å². The molecule has 0 aliphatic heterocycles. The minimum Gasteiger partial charge on any atom is -0.452 e. The summed E-state index contributed by atoms with van der Waals surface area (Å²) in [5, 5.41) is 0.616. The molecule has 0 spiro atoms. The standard InChI is InChI=1S/C16H16Cl2FNO/c1-2-11(20)9-10-5-3-7-13(19)16(10)21-14-8-4-6-12(17)15(14)18/h3-8,11H,2,9,20H2,1H3. The van der Waals surface area contributed by atoms with Crippen molar-refractivity contribution in [1.29, 1.82) is 0 Å². The third-order valence-electron chi connectivity index (χ3n) is 3.18. The highest BCUT2D eigenvalue weighted by Crippen LogP contribution is 2.37. The SMILES string of the molecule is CCC(N)Cc1cccc(F)c1Oc1cccc(Cl)c1Cl. The highest BCUT2D eigenvalue weighted by atomic mass is 35.5. The van der Waals surface area contributed by atoms with Gasteiger partial charge in [0.25, 0.3) is 0 Å². The van der Waals surface area contributed by atoms with Gasteiger partial charge in [0, 0.05) is 6.04 Å². The van der Waals surface area contributed by atoms with Crippen LogP contribution in [0, 0.1) is 5.82 Å². The van der Waals surface area contributed by atoms with Crippen molar-refractivity contribution in [2.75, 3.05) is 0 Å². The predicted molar refractivity (Wildman–Crippen MR) is 84.9 cm³/mol.